The summed E-state index contributed by atoms with van der Waals surface area (Å²) < 4.78 is 4.89. The minimum absolute atomic E-state index is 0.000417. The maximum Gasteiger partial charge on any atom is 0.258 e. The number of carbonyl (C=O) groups is 1. The molecule has 2 N–H and O–H groups in total. The zero-order valence-electron chi connectivity index (χ0n) is 11.0. The van der Waals surface area contributed by atoms with Crippen molar-refractivity contribution in [3.63, 3.8) is 0 Å². The Labute approximate surface area is 116 Å². The van der Waals surface area contributed by atoms with Gasteiger partial charge in [0.2, 0.25) is 0 Å². The molecule has 2 rings (SSSR count). The summed E-state index contributed by atoms with van der Waals surface area (Å²) >= 11 is 0. The zero-order valence-corrected chi connectivity index (χ0v) is 11.0. The van der Waals surface area contributed by atoms with Crippen molar-refractivity contribution in [3.05, 3.63) is 47.2 Å². The second-order valence-electron chi connectivity index (χ2n) is 4.10. The number of nitrogens with one attached hydrogen (secondary N) is 1. The summed E-state index contributed by atoms with van der Waals surface area (Å²) in [5.41, 5.74) is 1.07. The lowest BCUT2D eigenvalue weighted by Gasteiger charge is -2.03. The topological polar surface area (TPSA) is 75.4 Å². The van der Waals surface area contributed by atoms with Crippen LogP contribution in [0.3, 0.4) is 0 Å². The predicted molar refractivity (Wildman–Crippen MR) is 74.2 cm³/mol. The number of carbonyl (C=O) groups excluding carboxylic acids is 1. The quantitative estimate of drug-likeness (QED) is 0.836. The Balaban J connectivity index is 2.19. The van der Waals surface area contributed by atoms with Crippen LogP contribution in [0.2, 0.25) is 0 Å². The molecule has 1 heterocycles. The summed E-state index contributed by atoms with van der Waals surface area (Å²) in [5.74, 6) is 6.36. The molecule has 0 unspecified atom stereocenters. The first-order valence-corrected chi connectivity index (χ1v) is 6.14. The van der Waals surface area contributed by atoms with Gasteiger partial charge >= 0.3 is 0 Å². The van der Waals surface area contributed by atoms with Crippen molar-refractivity contribution in [2.75, 3.05) is 11.9 Å². The van der Waals surface area contributed by atoms with E-state index in [2.05, 4.69) is 22.3 Å². The van der Waals surface area contributed by atoms with E-state index in [1.54, 1.807) is 37.3 Å². The predicted octanol–water partition coefficient (Wildman–Crippen LogP) is 1.97. The Morgan fingerprint density at radius 2 is 2.25 bits per heavy atom. The van der Waals surface area contributed by atoms with Crippen molar-refractivity contribution in [2.24, 2.45) is 0 Å². The van der Waals surface area contributed by atoms with Crippen LogP contribution in [0.1, 0.15) is 28.1 Å². The van der Waals surface area contributed by atoms with E-state index in [4.69, 9.17) is 9.63 Å². The molecule has 0 saturated carbocycles. The Kier molecular flexibility index (Phi) is 4.53. The fourth-order valence-corrected chi connectivity index (χ4v) is 1.61. The van der Waals surface area contributed by atoms with Crippen LogP contribution >= 0.6 is 0 Å². The smallest absolute Gasteiger partial charge is 0.258 e. The van der Waals surface area contributed by atoms with E-state index >= 15 is 0 Å². The summed E-state index contributed by atoms with van der Waals surface area (Å²) in [5, 5.41) is 15.1. The zero-order chi connectivity index (χ0) is 14.4. The third kappa shape index (κ3) is 3.46. The monoisotopic (exact) mass is 270 g/mol. The first-order valence-electron chi connectivity index (χ1n) is 6.14. The fourth-order valence-electron chi connectivity index (χ4n) is 1.61. The van der Waals surface area contributed by atoms with Crippen molar-refractivity contribution < 1.29 is 14.4 Å². The second kappa shape index (κ2) is 6.55. The van der Waals surface area contributed by atoms with E-state index in [-0.39, 0.29) is 12.5 Å². The van der Waals surface area contributed by atoms with E-state index in [0.717, 1.165) is 0 Å². The molecule has 0 bridgehead atoms. The highest BCUT2D eigenvalue weighted by atomic mass is 16.5. The molecule has 5 heteroatoms. The molecule has 0 aliphatic heterocycles. The van der Waals surface area contributed by atoms with Crippen LogP contribution in [-0.2, 0) is 0 Å². The van der Waals surface area contributed by atoms with Gasteiger partial charge in [0.15, 0.2) is 5.82 Å². The normalized spacial score (nSPS) is 9.70. The van der Waals surface area contributed by atoms with Crippen LogP contribution < -0.4 is 5.32 Å². The van der Waals surface area contributed by atoms with Crippen molar-refractivity contribution in [1.29, 1.82) is 0 Å². The van der Waals surface area contributed by atoms with Crippen molar-refractivity contribution >= 4 is 11.7 Å². The first kappa shape index (κ1) is 13.8. The number of hydrogen-bond acceptors (Lipinski definition) is 4. The van der Waals surface area contributed by atoms with E-state index in [0.29, 0.717) is 29.1 Å². The van der Waals surface area contributed by atoms with Crippen LogP contribution in [0.25, 0.3) is 0 Å². The third-order valence-corrected chi connectivity index (χ3v) is 2.50. The number of aliphatic hydroxyl groups excluding tert-OH is 1. The molecule has 0 spiro atoms. The van der Waals surface area contributed by atoms with E-state index in [1.165, 1.54) is 0 Å². The molecule has 0 aliphatic rings. The molecular weight excluding hydrogens is 256 g/mol. The Hall–Kier alpha value is -2.58. The highest BCUT2D eigenvalue weighted by molar-refractivity contribution is 6.05. The number of anilines is 1. The molecule has 0 radical (unpaired) electrons. The Bertz CT molecular complexity index is 665. The third-order valence-electron chi connectivity index (χ3n) is 2.50. The average Bonchev–Trinajstić information content (AvgIpc) is 2.85. The molecular formula is C15H14N2O3. The van der Waals surface area contributed by atoms with Gasteiger partial charge in [0.05, 0.1) is 12.2 Å². The van der Waals surface area contributed by atoms with Gasteiger partial charge in [-0.1, -0.05) is 29.1 Å². The van der Waals surface area contributed by atoms with Gasteiger partial charge in [-0.2, -0.15) is 0 Å². The largest absolute Gasteiger partial charge is 0.395 e. The van der Waals surface area contributed by atoms with Crippen LogP contribution in [0.15, 0.2) is 34.9 Å². The highest BCUT2D eigenvalue weighted by Gasteiger charge is 2.11. The molecule has 1 aromatic heterocycles. The number of amides is 1. The molecule has 0 saturated heterocycles. The van der Waals surface area contributed by atoms with Crippen molar-refractivity contribution in [3.8, 4) is 11.8 Å². The van der Waals surface area contributed by atoms with Crippen LogP contribution in [0.4, 0.5) is 5.82 Å². The second-order valence-corrected chi connectivity index (χ2v) is 4.10. The lowest BCUT2D eigenvalue weighted by atomic mass is 10.1. The maximum absolute atomic E-state index is 12.2. The minimum Gasteiger partial charge on any atom is -0.395 e. The van der Waals surface area contributed by atoms with Gasteiger partial charge < -0.3 is 14.9 Å². The summed E-state index contributed by atoms with van der Waals surface area (Å²) in [6, 6.07) is 8.65. The van der Waals surface area contributed by atoms with Crippen LogP contribution in [0.5, 0.6) is 0 Å². The van der Waals surface area contributed by atoms with Gasteiger partial charge in [0, 0.05) is 18.1 Å². The maximum atomic E-state index is 12.2. The summed E-state index contributed by atoms with van der Waals surface area (Å²) in [4.78, 5) is 12.2. The summed E-state index contributed by atoms with van der Waals surface area (Å²) in [6.45, 7) is 1.75. The van der Waals surface area contributed by atoms with E-state index < -0.39 is 0 Å². The number of rotatable bonds is 3. The molecule has 2 aromatic rings. The average molecular weight is 270 g/mol. The molecule has 0 fully saturated rings. The molecule has 102 valence electrons. The number of aliphatic hydroxyl groups is 1. The molecule has 0 aliphatic carbocycles. The molecule has 5 nitrogen and oxygen atoms in total. The van der Waals surface area contributed by atoms with E-state index in [1.807, 2.05) is 0 Å². The van der Waals surface area contributed by atoms with Gasteiger partial charge in [-0.3, -0.25) is 4.79 Å². The first-order chi connectivity index (χ1) is 9.70. The number of nitrogens with zero attached hydrogens (tertiary/aromatic N) is 1. The summed E-state index contributed by atoms with van der Waals surface area (Å²) in [6.07, 6.45) is 0.373. The van der Waals surface area contributed by atoms with Gasteiger partial charge in [0.25, 0.3) is 5.91 Å². The van der Waals surface area contributed by atoms with Crippen molar-refractivity contribution in [1.82, 2.24) is 5.16 Å². The number of benzene rings is 1. The van der Waals surface area contributed by atoms with Crippen molar-refractivity contribution in [2.45, 2.75) is 13.3 Å². The Morgan fingerprint density at radius 1 is 1.45 bits per heavy atom. The molecule has 0 atom stereocenters. The molecule has 1 amide bonds. The van der Waals surface area contributed by atoms with Gasteiger partial charge in [-0.05, 0) is 19.1 Å². The van der Waals surface area contributed by atoms with Crippen LogP contribution in [0, 0.1) is 18.8 Å². The standard InChI is InChI=1S/C15H14N2O3/c1-11-10-14(17-20-11)16-15(19)13-8-3-2-6-12(13)7-4-5-9-18/h2-3,6,8,10,18H,5,9H2,1H3,(H,16,17,19). The number of aromatic nitrogens is 1. The molecule has 1 aromatic carbocycles. The minimum atomic E-state index is -0.299. The van der Waals surface area contributed by atoms with Gasteiger partial charge in [0.1, 0.15) is 5.76 Å². The fraction of sp³-hybridized carbons (Fsp3) is 0.200. The highest BCUT2D eigenvalue weighted by Crippen LogP contribution is 2.12. The number of aryl methyl sites for hydroxylation is 1. The van der Waals surface area contributed by atoms with Gasteiger partial charge in [-0.15, -0.1) is 0 Å². The summed E-state index contributed by atoms with van der Waals surface area (Å²) in [7, 11) is 0. The van der Waals surface area contributed by atoms with Gasteiger partial charge in [-0.25, -0.2) is 0 Å². The lowest BCUT2D eigenvalue weighted by molar-refractivity contribution is 0.102. The number of hydrogen-bond donors (Lipinski definition) is 2. The van der Waals surface area contributed by atoms with E-state index in [9.17, 15) is 4.79 Å². The Morgan fingerprint density at radius 3 is 2.95 bits per heavy atom. The van der Waals surface area contributed by atoms with Crippen LogP contribution in [-0.4, -0.2) is 22.8 Å². The molecule has 20 heavy (non-hydrogen) atoms. The lowest BCUT2D eigenvalue weighted by Crippen LogP contribution is -2.13. The SMILES string of the molecule is Cc1cc(NC(=O)c2ccccc2C#CCCO)no1.